The Bertz CT molecular complexity index is 853. The van der Waals surface area contributed by atoms with E-state index in [1.165, 1.54) is 0 Å². The van der Waals surface area contributed by atoms with Crippen LogP contribution in [-0.2, 0) is 9.53 Å². The quantitative estimate of drug-likeness (QED) is 0.622. The number of carbonyl (C=O) groups excluding carboxylic acids is 2. The van der Waals surface area contributed by atoms with Gasteiger partial charge in [0.15, 0.2) is 0 Å². The number of benzene rings is 1. The molecular weight excluding hydrogens is 384 g/mol. The standard InChI is InChI=1S/C21H28N6O3/c1-16-17(20(29)22-9-14-30-2)5-3-6-18(16)25-19(28)15-26-10-12-27(13-11-26)21-23-7-4-8-24-21/h3-8H,9-15H2,1-2H3,(H,22,29)(H,25,28). The lowest BCUT2D eigenvalue weighted by atomic mass is 10.1. The van der Waals surface area contributed by atoms with Crippen LogP contribution in [0.25, 0.3) is 0 Å². The lowest BCUT2D eigenvalue weighted by molar-refractivity contribution is -0.117. The minimum atomic E-state index is -0.181. The number of ether oxygens (including phenoxy) is 1. The zero-order valence-corrected chi connectivity index (χ0v) is 17.4. The fourth-order valence-corrected chi connectivity index (χ4v) is 3.33. The number of rotatable bonds is 8. The molecule has 2 amide bonds. The normalized spacial score (nSPS) is 14.4. The van der Waals surface area contributed by atoms with Crippen LogP contribution in [0.3, 0.4) is 0 Å². The van der Waals surface area contributed by atoms with E-state index in [1.54, 1.807) is 37.7 Å². The van der Waals surface area contributed by atoms with E-state index in [0.717, 1.165) is 37.7 Å². The molecule has 9 heteroatoms. The minimum Gasteiger partial charge on any atom is -0.383 e. The number of nitrogens with one attached hydrogen (secondary N) is 2. The van der Waals surface area contributed by atoms with Gasteiger partial charge in [0.2, 0.25) is 11.9 Å². The summed E-state index contributed by atoms with van der Waals surface area (Å²) in [6.07, 6.45) is 3.47. The summed E-state index contributed by atoms with van der Waals surface area (Å²) >= 11 is 0. The zero-order chi connectivity index (χ0) is 21.3. The molecule has 0 atom stereocenters. The number of anilines is 2. The Labute approximate surface area is 176 Å². The molecule has 2 heterocycles. The number of nitrogens with zero attached hydrogens (tertiary/aromatic N) is 4. The van der Waals surface area contributed by atoms with E-state index < -0.39 is 0 Å². The van der Waals surface area contributed by atoms with Crippen LogP contribution >= 0.6 is 0 Å². The molecule has 0 bridgehead atoms. The van der Waals surface area contributed by atoms with Gasteiger partial charge in [0.1, 0.15) is 0 Å². The molecule has 0 saturated carbocycles. The maximum Gasteiger partial charge on any atom is 0.251 e. The summed E-state index contributed by atoms with van der Waals surface area (Å²) in [5.74, 6) is 0.442. The molecule has 1 saturated heterocycles. The van der Waals surface area contributed by atoms with Crippen molar-refractivity contribution in [3.63, 3.8) is 0 Å². The molecule has 0 radical (unpaired) electrons. The summed E-state index contributed by atoms with van der Waals surface area (Å²) in [7, 11) is 1.59. The monoisotopic (exact) mass is 412 g/mol. The largest absolute Gasteiger partial charge is 0.383 e. The molecule has 2 aromatic rings. The van der Waals surface area contributed by atoms with Crippen molar-refractivity contribution in [2.75, 3.05) is 63.2 Å². The van der Waals surface area contributed by atoms with Crippen LogP contribution in [-0.4, -0.2) is 79.7 Å². The molecule has 9 nitrogen and oxygen atoms in total. The first-order valence-electron chi connectivity index (χ1n) is 9.99. The molecule has 3 rings (SSSR count). The highest BCUT2D eigenvalue weighted by Gasteiger charge is 2.21. The van der Waals surface area contributed by atoms with E-state index in [1.807, 2.05) is 13.0 Å². The second kappa shape index (κ2) is 10.7. The molecule has 1 aromatic heterocycles. The van der Waals surface area contributed by atoms with Crippen molar-refractivity contribution in [2.24, 2.45) is 0 Å². The third-order valence-corrected chi connectivity index (χ3v) is 5.02. The second-order valence-electron chi connectivity index (χ2n) is 7.09. The molecule has 0 spiro atoms. The number of methoxy groups -OCH3 is 1. The Morgan fingerprint density at radius 3 is 2.53 bits per heavy atom. The van der Waals surface area contributed by atoms with Crippen molar-refractivity contribution in [3.8, 4) is 0 Å². The number of piperazine rings is 1. The smallest absolute Gasteiger partial charge is 0.251 e. The summed E-state index contributed by atoms with van der Waals surface area (Å²) in [4.78, 5) is 37.7. The highest BCUT2D eigenvalue weighted by Crippen LogP contribution is 2.19. The van der Waals surface area contributed by atoms with E-state index in [4.69, 9.17) is 4.74 Å². The van der Waals surface area contributed by atoms with Gasteiger partial charge in [-0.25, -0.2) is 9.97 Å². The number of amides is 2. The maximum absolute atomic E-state index is 12.6. The van der Waals surface area contributed by atoms with Gasteiger partial charge in [0.05, 0.1) is 13.2 Å². The first-order chi connectivity index (χ1) is 14.6. The zero-order valence-electron chi connectivity index (χ0n) is 17.4. The Hall–Kier alpha value is -3.04. The first-order valence-corrected chi connectivity index (χ1v) is 9.99. The van der Waals surface area contributed by atoms with Gasteiger partial charge in [-0.05, 0) is 30.7 Å². The first kappa shape index (κ1) is 21.7. The van der Waals surface area contributed by atoms with Gasteiger partial charge in [-0.2, -0.15) is 0 Å². The van der Waals surface area contributed by atoms with Gasteiger partial charge in [-0.15, -0.1) is 0 Å². The fraction of sp³-hybridized carbons (Fsp3) is 0.429. The molecule has 1 aliphatic rings. The van der Waals surface area contributed by atoms with Crippen LogP contribution < -0.4 is 15.5 Å². The third kappa shape index (κ3) is 5.74. The van der Waals surface area contributed by atoms with Crippen molar-refractivity contribution < 1.29 is 14.3 Å². The highest BCUT2D eigenvalue weighted by atomic mass is 16.5. The van der Waals surface area contributed by atoms with Gasteiger partial charge in [-0.1, -0.05) is 6.07 Å². The van der Waals surface area contributed by atoms with Gasteiger partial charge in [-0.3, -0.25) is 14.5 Å². The van der Waals surface area contributed by atoms with Crippen molar-refractivity contribution in [2.45, 2.75) is 6.92 Å². The van der Waals surface area contributed by atoms with Crippen LogP contribution in [0.5, 0.6) is 0 Å². The lowest BCUT2D eigenvalue weighted by Crippen LogP contribution is -2.49. The van der Waals surface area contributed by atoms with Crippen molar-refractivity contribution in [3.05, 3.63) is 47.8 Å². The SMILES string of the molecule is COCCNC(=O)c1cccc(NC(=O)CN2CCN(c3ncccn3)CC2)c1C. The van der Waals surface area contributed by atoms with E-state index in [9.17, 15) is 9.59 Å². The van der Waals surface area contributed by atoms with Crippen LogP contribution in [0, 0.1) is 6.92 Å². The lowest BCUT2D eigenvalue weighted by Gasteiger charge is -2.34. The number of hydrogen-bond donors (Lipinski definition) is 2. The van der Waals surface area contributed by atoms with Crippen molar-refractivity contribution in [1.82, 2.24) is 20.2 Å². The average molecular weight is 412 g/mol. The molecule has 1 aliphatic heterocycles. The van der Waals surface area contributed by atoms with E-state index in [-0.39, 0.29) is 11.8 Å². The molecule has 30 heavy (non-hydrogen) atoms. The summed E-state index contributed by atoms with van der Waals surface area (Å²) in [5.41, 5.74) is 1.93. The maximum atomic E-state index is 12.6. The molecule has 0 aliphatic carbocycles. The Morgan fingerprint density at radius 1 is 1.10 bits per heavy atom. The molecule has 160 valence electrons. The second-order valence-corrected chi connectivity index (χ2v) is 7.09. The van der Waals surface area contributed by atoms with Crippen LogP contribution in [0.4, 0.5) is 11.6 Å². The van der Waals surface area contributed by atoms with Crippen molar-refractivity contribution >= 4 is 23.5 Å². The van der Waals surface area contributed by atoms with Gasteiger partial charge in [0.25, 0.3) is 5.91 Å². The van der Waals surface area contributed by atoms with E-state index >= 15 is 0 Å². The predicted molar refractivity (Wildman–Crippen MR) is 115 cm³/mol. The topological polar surface area (TPSA) is 99.7 Å². The van der Waals surface area contributed by atoms with Crippen LogP contribution in [0.15, 0.2) is 36.7 Å². The molecule has 0 unspecified atom stereocenters. The Kier molecular flexibility index (Phi) is 7.69. The third-order valence-electron chi connectivity index (χ3n) is 5.02. The van der Waals surface area contributed by atoms with Crippen LogP contribution in [0.2, 0.25) is 0 Å². The molecule has 1 fully saturated rings. The van der Waals surface area contributed by atoms with E-state index in [2.05, 4.69) is 30.4 Å². The summed E-state index contributed by atoms with van der Waals surface area (Å²) in [6.45, 7) is 6.07. The predicted octanol–water partition coefficient (Wildman–Crippen LogP) is 0.922. The van der Waals surface area contributed by atoms with Gasteiger partial charge in [0, 0.05) is 63.5 Å². The minimum absolute atomic E-state index is 0.0977. The number of aromatic nitrogens is 2. The highest BCUT2D eigenvalue weighted by molar-refractivity contribution is 5.99. The number of carbonyl (C=O) groups is 2. The van der Waals surface area contributed by atoms with Gasteiger partial charge >= 0.3 is 0 Å². The average Bonchev–Trinajstić information content (AvgIpc) is 2.76. The van der Waals surface area contributed by atoms with Crippen molar-refractivity contribution in [1.29, 1.82) is 0 Å². The van der Waals surface area contributed by atoms with Crippen LogP contribution in [0.1, 0.15) is 15.9 Å². The summed E-state index contributed by atoms with van der Waals surface area (Å²) < 4.78 is 4.95. The summed E-state index contributed by atoms with van der Waals surface area (Å²) in [6, 6.07) is 7.12. The molecular formula is C21H28N6O3. The molecule has 1 aromatic carbocycles. The Balaban J connectivity index is 1.52. The van der Waals surface area contributed by atoms with Gasteiger partial charge < -0.3 is 20.3 Å². The Morgan fingerprint density at radius 2 is 1.83 bits per heavy atom. The van der Waals surface area contributed by atoms with E-state index in [0.29, 0.717) is 30.9 Å². The molecule has 2 N–H and O–H groups in total. The summed E-state index contributed by atoms with van der Waals surface area (Å²) in [5, 5.41) is 5.74. The fourth-order valence-electron chi connectivity index (χ4n) is 3.33. The number of hydrogen-bond acceptors (Lipinski definition) is 7.